The van der Waals surface area contributed by atoms with E-state index in [0.29, 0.717) is 37.7 Å². The Labute approximate surface area is 151 Å². The van der Waals surface area contributed by atoms with Crippen LogP contribution in [-0.2, 0) is 0 Å². The van der Waals surface area contributed by atoms with E-state index >= 15 is 0 Å². The van der Waals surface area contributed by atoms with Crippen molar-refractivity contribution in [1.82, 2.24) is 15.1 Å². The van der Waals surface area contributed by atoms with Crippen LogP contribution in [0.5, 0.6) is 5.75 Å². The zero-order valence-electron chi connectivity index (χ0n) is 14.7. The third-order valence-electron chi connectivity index (χ3n) is 4.96. The number of rotatable bonds is 4. The second-order valence-corrected chi connectivity index (χ2v) is 6.72. The fraction of sp³-hybridized carbons (Fsp3) is 0.421. The summed E-state index contributed by atoms with van der Waals surface area (Å²) in [5, 5.41) is 8.65. The van der Waals surface area contributed by atoms with Gasteiger partial charge in [-0.25, -0.2) is 4.39 Å². The average molecular weight is 356 g/mol. The first kappa shape index (κ1) is 16.8. The van der Waals surface area contributed by atoms with Gasteiger partial charge in [0.25, 0.3) is 5.91 Å². The standard InChI is InChI=1S/C19H21FN4O2/c1-26-17-6-4-14(12-15(17)20)19(25)24-10-8-23(9-11-24)18-7-5-16(21-22-18)13-2-3-13/h4-7,12-13H,2-3,8-11H2,1H3. The van der Waals surface area contributed by atoms with Gasteiger partial charge in [-0.05, 0) is 43.2 Å². The highest BCUT2D eigenvalue weighted by Crippen LogP contribution is 2.38. The fourth-order valence-electron chi connectivity index (χ4n) is 3.22. The highest BCUT2D eigenvalue weighted by atomic mass is 19.1. The second kappa shape index (κ2) is 6.90. The molecular weight excluding hydrogens is 335 g/mol. The molecule has 2 aromatic rings. The van der Waals surface area contributed by atoms with Gasteiger partial charge in [-0.1, -0.05) is 0 Å². The van der Waals surface area contributed by atoms with Crippen molar-refractivity contribution in [2.24, 2.45) is 0 Å². The van der Waals surface area contributed by atoms with E-state index in [4.69, 9.17) is 4.74 Å². The van der Waals surface area contributed by atoms with Crippen molar-refractivity contribution in [2.75, 3.05) is 38.2 Å². The molecule has 1 aromatic heterocycles. The summed E-state index contributed by atoms with van der Waals surface area (Å²) in [6.07, 6.45) is 2.42. The lowest BCUT2D eigenvalue weighted by Crippen LogP contribution is -2.49. The van der Waals surface area contributed by atoms with Crippen LogP contribution in [0, 0.1) is 5.82 Å². The van der Waals surface area contributed by atoms with E-state index < -0.39 is 5.82 Å². The normalized spacial score (nSPS) is 17.3. The van der Waals surface area contributed by atoms with Crippen LogP contribution in [0.3, 0.4) is 0 Å². The third-order valence-corrected chi connectivity index (χ3v) is 4.96. The summed E-state index contributed by atoms with van der Waals surface area (Å²) >= 11 is 0. The maximum absolute atomic E-state index is 13.8. The fourth-order valence-corrected chi connectivity index (χ4v) is 3.22. The van der Waals surface area contributed by atoms with E-state index in [1.807, 2.05) is 6.07 Å². The molecule has 0 bridgehead atoms. The molecule has 0 N–H and O–H groups in total. The Morgan fingerprint density at radius 3 is 2.46 bits per heavy atom. The number of carbonyl (C=O) groups excluding carboxylic acids is 1. The molecule has 136 valence electrons. The summed E-state index contributed by atoms with van der Waals surface area (Å²) < 4.78 is 18.7. The number of nitrogens with zero attached hydrogens (tertiary/aromatic N) is 4. The lowest BCUT2D eigenvalue weighted by atomic mass is 10.1. The van der Waals surface area contributed by atoms with Gasteiger partial charge in [0.1, 0.15) is 0 Å². The molecule has 1 saturated heterocycles. The van der Waals surface area contributed by atoms with Crippen LogP contribution >= 0.6 is 0 Å². The number of halogens is 1. The molecule has 1 aromatic carbocycles. The number of carbonyl (C=O) groups is 1. The van der Waals surface area contributed by atoms with Crippen molar-refractivity contribution in [1.29, 1.82) is 0 Å². The smallest absolute Gasteiger partial charge is 0.254 e. The number of amides is 1. The van der Waals surface area contributed by atoms with Gasteiger partial charge in [-0.2, -0.15) is 5.10 Å². The van der Waals surface area contributed by atoms with E-state index in [2.05, 4.69) is 21.2 Å². The first-order valence-corrected chi connectivity index (χ1v) is 8.87. The minimum absolute atomic E-state index is 0.139. The molecule has 1 saturated carbocycles. The van der Waals surface area contributed by atoms with E-state index in [1.54, 1.807) is 11.0 Å². The highest BCUT2D eigenvalue weighted by molar-refractivity contribution is 5.94. The Bertz CT molecular complexity index is 800. The predicted octanol–water partition coefficient (Wildman–Crippen LogP) is 2.46. The minimum Gasteiger partial charge on any atom is -0.494 e. The summed E-state index contributed by atoms with van der Waals surface area (Å²) in [7, 11) is 1.40. The number of piperazine rings is 1. The maximum Gasteiger partial charge on any atom is 0.254 e. The van der Waals surface area contributed by atoms with Gasteiger partial charge in [-0.3, -0.25) is 4.79 Å². The van der Waals surface area contributed by atoms with Crippen LogP contribution in [0.15, 0.2) is 30.3 Å². The molecule has 7 heteroatoms. The molecule has 4 rings (SSSR count). The number of anilines is 1. The van der Waals surface area contributed by atoms with Gasteiger partial charge in [0.2, 0.25) is 0 Å². The lowest BCUT2D eigenvalue weighted by Gasteiger charge is -2.35. The van der Waals surface area contributed by atoms with Crippen molar-refractivity contribution in [3.05, 3.63) is 47.4 Å². The van der Waals surface area contributed by atoms with E-state index in [1.165, 1.54) is 32.1 Å². The summed E-state index contributed by atoms with van der Waals surface area (Å²) in [5.41, 5.74) is 1.41. The first-order valence-electron chi connectivity index (χ1n) is 8.87. The molecule has 6 nitrogen and oxygen atoms in total. The topological polar surface area (TPSA) is 58.6 Å². The number of hydrogen-bond acceptors (Lipinski definition) is 5. The maximum atomic E-state index is 13.8. The van der Waals surface area contributed by atoms with Gasteiger partial charge in [0.15, 0.2) is 17.4 Å². The third kappa shape index (κ3) is 3.34. The molecule has 0 unspecified atom stereocenters. The van der Waals surface area contributed by atoms with Crippen LogP contribution in [0.1, 0.15) is 34.8 Å². The summed E-state index contributed by atoms with van der Waals surface area (Å²) in [6, 6.07) is 8.37. The molecule has 1 aliphatic carbocycles. The summed E-state index contributed by atoms with van der Waals surface area (Å²) in [6.45, 7) is 2.50. The average Bonchev–Trinajstić information content (AvgIpc) is 3.53. The molecule has 0 spiro atoms. The number of aromatic nitrogens is 2. The van der Waals surface area contributed by atoms with Crippen LogP contribution in [0.4, 0.5) is 10.2 Å². The lowest BCUT2D eigenvalue weighted by molar-refractivity contribution is 0.0746. The first-order chi connectivity index (χ1) is 12.7. The Balaban J connectivity index is 1.38. The molecule has 1 amide bonds. The van der Waals surface area contributed by atoms with E-state index in [-0.39, 0.29) is 11.7 Å². The molecule has 0 radical (unpaired) electrons. The highest BCUT2D eigenvalue weighted by Gasteiger charge is 2.27. The van der Waals surface area contributed by atoms with Crippen molar-refractivity contribution in [3.8, 4) is 5.75 Å². The summed E-state index contributed by atoms with van der Waals surface area (Å²) in [4.78, 5) is 16.5. The van der Waals surface area contributed by atoms with Crippen molar-refractivity contribution >= 4 is 11.7 Å². The molecule has 1 aliphatic heterocycles. The zero-order valence-corrected chi connectivity index (χ0v) is 14.7. The van der Waals surface area contributed by atoms with Crippen LogP contribution in [0.2, 0.25) is 0 Å². The minimum atomic E-state index is -0.525. The van der Waals surface area contributed by atoms with Crippen LogP contribution < -0.4 is 9.64 Å². The van der Waals surface area contributed by atoms with Gasteiger partial charge in [0.05, 0.1) is 12.8 Å². The Hall–Kier alpha value is -2.70. The number of methoxy groups -OCH3 is 1. The number of benzene rings is 1. The van der Waals surface area contributed by atoms with E-state index in [9.17, 15) is 9.18 Å². The molecular formula is C19H21FN4O2. The monoisotopic (exact) mass is 356 g/mol. The van der Waals surface area contributed by atoms with Crippen LogP contribution in [0.25, 0.3) is 0 Å². The molecule has 26 heavy (non-hydrogen) atoms. The van der Waals surface area contributed by atoms with Crippen molar-refractivity contribution < 1.29 is 13.9 Å². The Kier molecular flexibility index (Phi) is 4.44. The number of ether oxygens (including phenoxy) is 1. The molecule has 2 fully saturated rings. The van der Waals surface area contributed by atoms with Gasteiger partial charge >= 0.3 is 0 Å². The predicted molar refractivity (Wildman–Crippen MR) is 95.1 cm³/mol. The SMILES string of the molecule is COc1ccc(C(=O)N2CCN(c3ccc(C4CC4)nn3)CC2)cc1F. The molecule has 2 heterocycles. The second-order valence-electron chi connectivity index (χ2n) is 6.72. The van der Waals surface area contributed by atoms with E-state index in [0.717, 1.165) is 11.5 Å². The largest absolute Gasteiger partial charge is 0.494 e. The quantitative estimate of drug-likeness (QED) is 0.842. The summed E-state index contributed by atoms with van der Waals surface area (Å²) in [5.74, 6) is 0.886. The molecule has 2 aliphatic rings. The van der Waals surface area contributed by atoms with Crippen molar-refractivity contribution in [3.63, 3.8) is 0 Å². The Morgan fingerprint density at radius 1 is 1.12 bits per heavy atom. The van der Waals surface area contributed by atoms with Crippen molar-refractivity contribution in [2.45, 2.75) is 18.8 Å². The van der Waals surface area contributed by atoms with Gasteiger partial charge < -0.3 is 14.5 Å². The van der Waals surface area contributed by atoms with Gasteiger partial charge in [0, 0.05) is 37.7 Å². The van der Waals surface area contributed by atoms with Crippen LogP contribution in [-0.4, -0.2) is 54.3 Å². The number of hydrogen-bond donors (Lipinski definition) is 0. The Morgan fingerprint density at radius 2 is 1.88 bits per heavy atom. The zero-order chi connectivity index (χ0) is 18.1. The van der Waals surface area contributed by atoms with Gasteiger partial charge in [-0.15, -0.1) is 5.10 Å². The molecule has 0 atom stereocenters.